The molecular weight excluding hydrogens is 182 g/mol. The van der Waals surface area contributed by atoms with Crippen molar-refractivity contribution in [3.8, 4) is 6.07 Å². The van der Waals surface area contributed by atoms with Crippen molar-refractivity contribution in [2.24, 2.45) is 5.92 Å². The van der Waals surface area contributed by atoms with Gasteiger partial charge in [0.1, 0.15) is 0 Å². The molecule has 1 aliphatic rings. The Hall–Kier alpha value is -1.81. The van der Waals surface area contributed by atoms with Crippen LogP contribution in [0.5, 0.6) is 0 Å². The summed E-state index contributed by atoms with van der Waals surface area (Å²) < 4.78 is 0. The van der Waals surface area contributed by atoms with Crippen LogP contribution in [0.3, 0.4) is 0 Å². The highest BCUT2D eigenvalue weighted by Gasteiger charge is 2.24. The summed E-state index contributed by atoms with van der Waals surface area (Å²) >= 11 is 0. The molecule has 0 bridgehead atoms. The Balaban J connectivity index is 2.42. The van der Waals surface area contributed by atoms with E-state index in [-0.39, 0.29) is 11.8 Å². The van der Waals surface area contributed by atoms with Crippen LogP contribution >= 0.6 is 0 Å². The van der Waals surface area contributed by atoms with Gasteiger partial charge in [0.25, 0.3) is 0 Å². The first-order valence-corrected chi connectivity index (χ1v) is 5.14. The Morgan fingerprint density at radius 3 is 2.93 bits per heavy atom. The molecule has 2 atom stereocenters. The summed E-state index contributed by atoms with van der Waals surface area (Å²) in [5.41, 5.74) is 2.32. The van der Waals surface area contributed by atoms with Crippen molar-refractivity contribution in [2.75, 3.05) is 0 Å². The lowest BCUT2D eigenvalue weighted by atomic mass is 9.79. The van der Waals surface area contributed by atoms with Crippen LogP contribution in [0, 0.1) is 17.2 Å². The number of rotatable bonds is 2. The zero-order valence-electron chi connectivity index (χ0n) is 8.56. The smallest absolute Gasteiger partial charge is 0.0784 e. The molecule has 1 heteroatoms. The highest BCUT2D eigenvalue weighted by atomic mass is 14.3. The van der Waals surface area contributed by atoms with E-state index in [1.54, 1.807) is 0 Å². The molecule has 0 aliphatic heterocycles. The van der Waals surface area contributed by atoms with Gasteiger partial charge in [0, 0.05) is 5.92 Å². The zero-order valence-corrected chi connectivity index (χ0v) is 8.56. The van der Waals surface area contributed by atoms with Gasteiger partial charge in [0.15, 0.2) is 0 Å². The average Bonchev–Trinajstić information content (AvgIpc) is 2.29. The largest absolute Gasteiger partial charge is 0.198 e. The Labute approximate surface area is 90.4 Å². The number of hydrogen-bond donors (Lipinski definition) is 0. The molecule has 0 fully saturated rings. The summed E-state index contributed by atoms with van der Waals surface area (Å²) in [5, 5.41) is 9.22. The van der Waals surface area contributed by atoms with E-state index in [2.05, 4.69) is 30.9 Å². The van der Waals surface area contributed by atoms with Gasteiger partial charge in [-0.15, -0.1) is 6.58 Å². The van der Waals surface area contributed by atoms with Crippen LogP contribution in [-0.2, 0) is 0 Å². The van der Waals surface area contributed by atoms with Gasteiger partial charge in [0.05, 0.1) is 12.0 Å². The molecule has 74 valence electrons. The Kier molecular flexibility index (Phi) is 2.69. The third kappa shape index (κ3) is 1.71. The fourth-order valence-electron chi connectivity index (χ4n) is 2.09. The predicted molar refractivity (Wildman–Crippen MR) is 62.1 cm³/mol. The van der Waals surface area contributed by atoms with Crippen LogP contribution in [-0.4, -0.2) is 0 Å². The number of nitrogens with zero attached hydrogens (tertiary/aromatic N) is 1. The molecule has 1 aliphatic carbocycles. The van der Waals surface area contributed by atoms with Crippen molar-refractivity contribution in [1.82, 2.24) is 0 Å². The van der Waals surface area contributed by atoms with Crippen molar-refractivity contribution in [2.45, 2.75) is 12.3 Å². The van der Waals surface area contributed by atoms with Crippen molar-refractivity contribution in [1.29, 1.82) is 5.26 Å². The fraction of sp³-hybridized carbons (Fsp3) is 0.214. The maximum Gasteiger partial charge on any atom is 0.0784 e. The summed E-state index contributed by atoms with van der Waals surface area (Å²) in [5.74, 6) is 0.256. The molecule has 0 aromatic heterocycles. The molecule has 15 heavy (non-hydrogen) atoms. The predicted octanol–water partition coefficient (Wildman–Crippen LogP) is 3.51. The van der Waals surface area contributed by atoms with Gasteiger partial charge in [0.2, 0.25) is 0 Å². The van der Waals surface area contributed by atoms with Crippen molar-refractivity contribution >= 4 is 6.08 Å². The molecule has 0 heterocycles. The van der Waals surface area contributed by atoms with E-state index in [0.29, 0.717) is 0 Å². The quantitative estimate of drug-likeness (QED) is 0.662. The van der Waals surface area contributed by atoms with E-state index in [9.17, 15) is 5.26 Å². The molecule has 1 nitrogen and oxygen atoms in total. The molecule has 0 radical (unpaired) electrons. The summed E-state index contributed by atoms with van der Waals surface area (Å²) in [6.45, 7) is 3.74. The van der Waals surface area contributed by atoms with Gasteiger partial charge in [-0.25, -0.2) is 0 Å². The maximum atomic E-state index is 9.22. The van der Waals surface area contributed by atoms with Gasteiger partial charge in [-0.05, 0) is 17.5 Å². The second kappa shape index (κ2) is 4.14. The van der Waals surface area contributed by atoms with Gasteiger partial charge in [-0.1, -0.05) is 42.5 Å². The summed E-state index contributed by atoms with van der Waals surface area (Å²) in [6.07, 6.45) is 6.98. The molecule has 0 N–H and O–H groups in total. The van der Waals surface area contributed by atoms with Crippen LogP contribution in [0.15, 0.2) is 43.0 Å². The first kappa shape index (κ1) is 9.73. The minimum atomic E-state index is -0.0239. The molecule has 0 saturated heterocycles. The highest BCUT2D eigenvalue weighted by molar-refractivity contribution is 5.59. The van der Waals surface area contributed by atoms with E-state index >= 15 is 0 Å². The maximum absolute atomic E-state index is 9.22. The van der Waals surface area contributed by atoms with E-state index in [1.165, 1.54) is 5.56 Å². The molecule has 1 aromatic rings. The number of allylic oxidation sites excluding steroid dienone is 2. The van der Waals surface area contributed by atoms with Crippen molar-refractivity contribution in [3.05, 3.63) is 54.1 Å². The van der Waals surface area contributed by atoms with Crippen molar-refractivity contribution in [3.63, 3.8) is 0 Å². The standard InChI is InChI=1S/C14H13N/c1-2-5-11-8-9-12-6-3-4-7-13(12)14(11)10-15/h2-4,6-9,11,14H,1,5H2/t11-,14?/m0/s1. The average molecular weight is 195 g/mol. The van der Waals surface area contributed by atoms with E-state index in [0.717, 1.165) is 12.0 Å². The minimum absolute atomic E-state index is 0.0239. The molecular formula is C14H13N. The van der Waals surface area contributed by atoms with Crippen LogP contribution in [0.25, 0.3) is 6.08 Å². The van der Waals surface area contributed by atoms with Gasteiger partial charge in [-0.3, -0.25) is 0 Å². The fourth-order valence-corrected chi connectivity index (χ4v) is 2.09. The lowest BCUT2D eigenvalue weighted by Crippen LogP contribution is -2.13. The monoisotopic (exact) mass is 195 g/mol. The van der Waals surface area contributed by atoms with Crippen LogP contribution in [0.1, 0.15) is 23.5 Å². The van der Waals surface area contributed by atoms with Crippen LogP contribution in [0.4, 0.5) is 0 Å². The second-order valence-electron chi connectivity index (χ2n) is 3.78. The third-order valence-electron chi connectivity index (χ3n) is 2.86. The number of benzene rings is 1. The first-order valence-electron chi connectivity index (χ1n) is 5.14. The lowest BCUT2D eigenvalue weighted by Gasteiger charge is -2.23. The number of hydrogen-bond acceptors (Lipinski definition) is 1. The summed E-state index contributed by atoms with van der Waals surface area (Å²) in [7, 11) is 0. The molecule has 0 spiro atoms. The second-order valence-corrected chi connectivity index (χ2v) is 3.78. The van der Waals surface area contributed by atoms with Gasteiger partial charge in [-0.2, -0.15) is 5.26 Å². The first-order chi connectivity index (χ1) is 7.36. The summed E-state index contributed by atoms with van der Waals surface area (Å²) in [4.78, 5) is 0. The van der Waals surface area contributed by atoms with Gasteiger partial charge < -0.3 is 0 Å². The molecule has 1 aromatic carbocycles. The topological polar surface area (TPSA) is 23.8 Å². The van der Waals surface area contributed by atoms with Crippen LogP contribution in [0.2, 0.25) is 0 Å². The lowest BCUT2D eigenvalue weighted by molar-refractivity contribution is 0.596. The zero-order chi connectivity index (χ0) is 10.7. The minimum Gasteiger partial charge on any atom is -0.198 e. The van der Waals surface area contributed by atoms with E-state index < -0.39 is 0 Å². The Morgan fingerprint density at radius 1 is 1.40 bits per heavy atom. The third-order valence-corrected chi connectivity index (χ3v) is 2.86. The SMILES string of the molecule is C=CC[C@H]1C=Cc2ccccc2C1C#N. The number of fused-ring (bicyclic) bond motifs is 1. The van der Waals surface area contributed by atoms with Gasteiger partial charge >= 0.3 is 0 Å². The van der Waals surface area contributed by atoms with E-state index in [1.807, 2.05) is 24.3 Å². The molecule has 0 saturated carbocycles. The number of nitriles is 1. The van der Waals surface area contributed by atoms with Crippen LogP contribution < -0.4 is 0 Å². The van der Waals surface area contributed by atoms with E-state index in [4.69, 9.17) is 0 Å². The molecule has 1 unspecified atom stereocenters. The Bertz CT molecular complexity index is 437. The highest BCUT2D eigenvalue weighted by Crippen LogP contribution is 2.35. The molecule has 0 amide bonds. The van der Waals surface area contributed by atoms with Crippen molar-refractivity contribution < 1.29 is 0 Å². The summed E-state index contributed by atoms with van der Waals surface area (Å²) in [6, 6.07) is 10.5. The normalized spacial score (nSPS) is 22.9. The molecule has 2 rings (SSSR count). The Morgan fingerprint density at radius 2 is 2.20 bits per heavy atom.